The summed E-state index contributed by atoms with van der Waals surface area (Å²) in [5.74, 6) is 0. The first-order valence-corrected chi connectivity index (χ1v) is 7.36. The summed E-state index contributed by atoms with van der Waals surface area (Å²) in [6, 6.07) is 16.8. The van der Waals surface area contributed by atoms with E-state index in [1.165, 1.54) is 20.9 Å². The van der Waals surface area contributed by atoms with Gasteiger partial charge in [0.25, 0.3) is 0 Å². The Hall–Kier alpha value is -1.38. The lowest BCUT2D eigenvalue weighted by Crippen LogP contribution is -1.84. The predicted octanol–water partition coefficient (Wildman–Crippen LogP) is 5.82. The third kappa shape index (κ3) is 2.89. The van der Waals surface area contributed by atoms with Gasteiger partial charge in [0.15, 0.2) is 0 Å². The van der Waals surface area contributed by atoms with E-state index >= 15 is 0 Å². The zero-order chi connectivity index (χ0) is 12.8. The van der Waals surface area contributed by atoms with Crippen LogP contribution in [-0.4, -0.2) is 0 Å². The third-order valence-electron chi connectivity index (χ3n) is 2.48. The van der Waals surface area contributed by atoms with Crippen molar-refractivity contribution < 1.29 is 0 Å². The van der Waals surface area contributed by atoms with Crippen LogP contribution in [0.1, 0.15) is 0 Å². The lowest BCUT2D eigenvalue weighted by molar-refractivity contribution is 1.38. The molecule has 0 atom stereocenters. The summed E-state index contributed by atoms with van der Waals surface area (Å²) in [6.45, 7) is 7.58. The Morgan fingerprint density at radius 2 is 1.06 bits per heavy atom. The van der Waals surface area contributed by atoms with Crippen molar-refractivity contribution in [3.05, 3.63) is 72.5 Å². The fourth-order valence-corrected chi connectivity index (χ4v) is 3.05. The quantitative estimate of drug-likeness (QED) is 0.627. The van der Waals surface area contributed by atoms with Crippen LogP contribution in [0.25, 0.3) is 11.1 Å². The highest BCUT2D eigenvalue weighted by Gasteiger charge is 2.08. The van der Waals surface area contributed by atoms with Crippen molar-refractivity contribution in [3.8, 4) is 11.1 Å². The van der Waals surface area contributed by atoms with Crippen LogP contribution in [0.15, 0.2) is 82.3 Å². The highest BCUT2D eigenvalue weighted by molar-refractivity contribution is 8.02. The van der Waals surface area contributed by atoms with Crippen LogP contribution >= 0.6 is 23.5 Å². The number of hydrogen-bond donors (Lipinski definition) is 0. The highest BCUT2D eigenvalue weighted by atomic mass is 32.2. The van der Waals surface area contributed by atoms with Gasteiger partial charge in [-0.1, -0.05) is 73.1 Å². The van der Waals surface area contributed by atoms with E-state index in [9.17, 15) is 0 Å². The van der Waals surface area contributed by atoms with Crippen molar-refractivity contribution in [2.45, 2.75) is 9.79 Å². The first kappa shape index (κ1) is 13.1. The number of benzene rings is 2. The minimum Gasteiger partial charge on any atom is -0.0980 e. The number of hydrogen-bond acceptors (Lipinski definition) is 2. The molecule has 0 fully saturated rings. The molecule has 0 aliphatic heterocycles. The molecule has 0 spiro atoms. The lowest BCUT2D eigenvalue weighted by atomic mass is 10.1. The fourth-order valence-electron chi connectivity index (χ4n) is 1.76. The highest BCUT2D eigenvalue weighted by Crippen LogP contribution is 2.37. The van der Waals surface area contributed by atoms with Crippen molar-refractivity contribution >= 4 is 23.5 Å². The van der Waals surface area contributed by atoms with Gasteiger partial charge in [0, 0.05) is 9.79 Å². The fraction of sp³-hybridized carbons (Fsp3) is 0. The summed E-state index contributed by atoms with van der Waals surface area (Å²) in [6.07, 6.45) is 0. The summed E-state index contributed by atoms with van der Waals surface area (Å²) >= 11 is 3.30. The van der Waals surface area contributed by atoms with Gasteiger partial charge in [-0.2, -0.15) is 0 Å². The smallest absolute Gasteiger partial charge is 0.0194 e. The molecule has 0 saturated heterocycles. The van der Waals surface area contributed by atoms with Crippen molar-refractivity contribution in [1.82, 2.24) is 0 Å². The van der Waals surface area contributed by atoms with Crippen LogP contribution in [0.2, 0.25) is 0 Å². The Balaban J connectivity index is 2.54. The van der Waals surface area contributed by atoms with E-state index in [1.54, 1.807) is 23.5 Å². The molecule has 0 unspecified atom stereocenters. The Kier molecular flexibility index (Phi) is 4.73. The van der Waals surface area contributed by atoms with E-state index in [0.29, 0.717) is 0 Å². The summed E-state index contributed by atoms with van der Waals surface area (Å²) in [7, 11) is 0. The second-order valence-corrected chi connectivity index (χ2v) is 5.58. The molecular formula is C16H14S2. The summed E-state index contributed by atoms with van der Waals surface area (Å²) in [4.78, 5) is 2.45. The van der Waals surface area contributed by atoms with Gasteiger partial charge >= 0.3 is 0 Å². The molecule has 0 N–H and O–H groups in total. The molecule has 0 aliphatic rings. The van der Waals surface area contributed by atoms with E-state index in [1.807, 2.05) is 10.8 Å². The van der Waals surface area contributed by atoms with Gasteiger partial charge in [0.1, 0.15) is 0 Å². The largest absolute Gasteiger partial charge is 0.0980 e. The van der Waals surface area contributed by atoms with Gasteiger partial charge in [0.2, 0.25) is 0 Å². The molecular weight excluding hydrogens is 256 g/mol. The van der Waals surface area contributed by atoms with Gasteiger partial charge in [-0.05, 0) is 34.1 Å². The molecule has 2 rings (SSSR count). The predicted molar refractivity (Wildman–Crippen MR) is 84.0 cm³/mol. The van der Waals surface area contributed by atoms with E-state index in [-0.39, 0.29) is 0 Å². The van der Waals surface area contributed by atoms with Gasteiger partial charge in [-0.3, -0.25) is 0 Å². The lowest BCUT2D eigenvalue weighted by Gasteiger charge is -2.11. The van der Waals surface area contributed by atoms with Crippen LogP contribution in [0.3, 0.4) is 0 Å². The molecule has 0 saturated carbocycles. The molecule has 0 aliphatic carbocycles. The van der Waals surface area contributed by atoms with Crippen LogP contribution in [0.4, 0.5) is 0 Å². The maximum absolute atomic E-state index is 3.79. The normalized spacial score (nSPS) is 10.0. The molecule has 18 heavy (non-hydrogen) atoms. The Morgan fingerprint density at radius 3 is 1.44 bits per heavy atom. The zero-order valence-corrected chi connectivity index (χ0v) is 11.6. The SMILES string of the molecule is C=CSc1ccccc1-c1ccccc1SC=C. The first-order chi connectivity index (χ1) is 8.86. The van der Waals surface area contributed by atoms with Crippen molar-refractivity contribution in [2.24, 2.45) is 0 Å². The molecule has 90 valence electrons. The summed E-state index contributed by atoms with van der Waals surface area (Å²) < 4.78 is 0. The summed E-state index contributed by atoms with van der Waals surface area (Å²) in [5, 5.41) is 3.73. The number of thioether (sulfide) groups is 2. The topological polar surface area (TPSA) is 0 Å². The second kappa shape index (κ2) is 6.53. The minimum absolute atomic E-state index is 1.23. The molecule has 0 amide bonds. The number of rotatable bonds is 5. The maximum Gasteiger partial charge on any atom is 0.0194 e. The Bertz CT molecular complexity index is 507. The molecule has 0 bridgehead atoms. The average molecular weight is 270 g/mol. The van der Waals surface area contributed by atoms with Crippen LogP contribution < -0.4 is 0 Å². The van der Waals surface area contributed by atoms with E-state index in [4.69, 9.17) is 0 Å². The molecule has 2 heteroatoms. The van der Waals surface area contributed by atoms with Gasteiger partial charge in [-0.15, -0.1) is 0 Å². The Morgan fingerprint density at radius 1 is 0.667 bits per heavy atom. The van der Waals surface area contributed by atoms with Gasteiger partial charge < -0.3 is 0 Å². The minimum atomic E-state index is 1.23. The molecule has 2 aromatic rings. The third-order valence-corrected chi connectivity index (χ3v) is 4.04. The molecule has 0 heterocycles. The summed E-state index contributed by atoms with van der Waals surface area (Å²) in [5.41, 5.74) is 2.49. The van der Waals surface area contributed by atoms with Crippen molar-refractivity contribution in [3.63, 3.8) is 0 Å². The molecule has 0 nitrogen and oxygen atoms in total. The first-order valence-electron chi connectivity index (χ1n) is 5.60. The molecule has 0 radical (unpaired) electrons. The van der Waals surface area contributed by atoms with E-state index in [0.717, 1.165) is 0 Å². The van der Waals surface area contributed by atoms with Crippen LogP contribution in [-0.2, 0) is 0 Å². The average Bonchev–Trinajstić information content (AvgIpc) is 2.41. The monoisotopic (exact) mass is 270 g/mol. The van der Waals surface area contributed by atoms with Gasteiger partial charge in [0.05, 0.1) is 0 Å². The van der Waals surface area contributed by atoms with Crippen LogP contribution in [0, 0.1) is 0 Å². The zero-order valence-electron chi connectivity index (χ0n) is 10.0. The maximum atomic E-state index is 3.79. The Labute approximate surface area is 117 Å². The second-order valence-electron chi connectivity index (χ2n) is 3.56. The van der Waals surface area contributed by atoms with Crippen LogP contribution in [0.5, 0.6) is 0 Å². The van der Waals surface area contributed by atoms with Crippen molar-refractivity contribution in [1.29, 1.82) is 0 Å². The standard InChI is InChI=1S/C16H14S2/c1-3-17-15-11-7-5-9-13(15)14-10-6-8-12-16(14)18-4-2/h3-12H,1-2H2. The molecule has 2 aromatic carbocycles. The van der Waals surface area contributed by atoms with E-state index < -0.39 is 0 Å². The van der Waals surface area contributed by atoms with Crippen molar-refractivity contribution in [2.75, 3.05) is 0 Å². The van der Waals surface area contributed by atoms with E-state index in [2.05, 4.69) is 61.7 Å². The van der Waals surface area contributed by atoms with Gasteiger partial charge in [-0.25, -0.2) is 0 Å². The molecule has 0 aromatic heterocycles.